The molecule has 1 unspecified atom stereocenters. The quantitative estimate of drug-likeness (QED) is 0.0872. The fourth-order valence-corrected chi connectivity index (χ4v) is 4.64. The summed E-state index contributed by atoms with van der Waals surface area (Å²) in [4.78, 5) is 55.7. The van der Waals surface area contributed by atoms with Crippen molar-refractivity contribution in [3.8, 4) is 0 Å². The monoisotopic (exact) mass is 579 g/mol. The number of carbonyl (C=O) groups is 4. The molecule has 0 amide bonds. The van der Waals surface area contributed by atoms with E-state index in [0.717, 1.165) is 18.6 Å². The van der Waals surface area contributed by atoms with E-state index in [1.54, 1.807) is 31.7 Å². The number of carbonyl (C=O) groups excluding carboxylic acids is 2. The number of rotatable bonds is 13. The fourth-order valence-electron chi connectivity index (χ4n) is 3.66. The van der Waals surface area contributed by atoms with E-state index in [1.165, 1.54) is 25.3 Å². The Kier molecular flexibility index (Phi) is 14.7. The molecule has 40 heavy (non-hydrogen) atoms. The molecule has 1 aromatic carbocycles. The number of dihydropyridines is 1. The molecule has 1 aliphatic rings. The molecule has 13 nitrogen and oxygen atoms in total. The Morgan fingerprint density at radius 1 is 1.12 bits per heavy atom. The summed E-state index contributed by atoms with van der Waals surface area (Å²) < 4.78 is 10.3. The second kappa shape index (κ2) is 17.4. The number of benzene rings is 1. The van der Waals surface area contributed by atoms with Crippen LogP contribution in [0.3, 0.4) is 0 Å². The number of nitro groups is 1. The molecule has 0 spiro atoms. The Labute approximate surface area is 235 Å². The first-order valence-corrected chi connectivity index (χ1v) is 13.3. The molecule has 1 atom stereocenters. The van der Waals surface area contributed by atoms with E-state index in [2.05, 4.69) is 5.32 Å². The van der Waals surface area contributed by atoms with Crippen LogP contribution in [0.1, 0.15) is 38.2 Å². The summed E-state index contributed by atoms with van der Waals surface area (Å²) in [5.41, 5.74) is 7.46. The van der Waals surface area contributed by atoms with Crippen LogP contribution in [0.5, 0.6) is 0 Å². The maximum Gasteiger partial charge on any atom is 0.336 e. The van der Waals surface area contributed by atoms with Crippen molar-refractivity contribution in [1.29, 1.82) is 0 Å². The first-order valence-electron chi connectivity index (χ1n) is 12.1. The lowest BCUT2D eigenvalue weighted by molar-refractivity contribution is -0.384. The number of carboxylic acids is 2. The Morgan fingerprint density at radius 2 is 1.77 bits per heavy atom. The van der Waals surface area contributed by atoms with Gasteiger partial charge in [-0.15, -0.1) is 0 Å². The van der Waals surface area contributed by atoms with Crippen molar-refractivity contribution in [2.75, 3.05) is 31.8 Å². The van der Waals surface area contributed by atoms with Crippen LogP contribution in [0.4, 0.5) is 5.69 Å². The van der Waals surface area contributed by atoms with Crippen LogP contribution < -0.4 is 11.1 Å². The van der Waals surface area contributed by atoms with E-state index >= 15 is 0 Å². The van der Waals surface area contributed by atoms with Crippen LogP contribution in [0.25, 0.3) is 0 Å². The van der Waals surface area contributed by atoms with E-state index in [1.807, 2.05) is 0 Å². The second-order valence-corrected chi connectivity index (χ2v) is 9.22. The number of nitro benzene ring substituents is 1. The smallest absolute Gasteiger partial charge is 0.336 e. The maximum atomic E-state index is 13.1. The SMILES string of the molecule is CCOC(=O)C1=C(CSCCCCN)NC(C)=C(C(=O)OC)C1c1cccc([N+](=O)[O-])c1.O=C(O)/C=C/C(=O)O. The lowest BCUT2D eigenvalue weighted by Gasteiger charge is -2.31. The number of nitrogens with one attached hydrogen (secondary N) is 1. The van der Waals surface area contributed by atoms with Crippen molar-refractivity contribution in [1.82, 2.24) is 5.32 Å². The van der Waals surface area contributed by atoms with E-state index in [4.69, 9.17) is 25.4 Å². The molecule has 0 saturated carbocycles. The number of carboxylic acid groups (broad SMARTS) is 2. The number of nitrogens with zero attached hydrogens (tertiary/aromatic N) is 1. The van der Waals surface area contributed by atoms with Gasteiger partial charge in [0.2, 0.25) is 0 Å². The number of hydrogen-bond acceptors (Lipinski definition) is 11. The zero-order valence-corrected chi connectivity index (χ0v) is 23.2. The number of unbranched alkanes of at least 4 members (excludes halogenated alkanes) is 1. The number of ether oxygens (including phenoxy) is 2. The highest BCUT2D eigenvalue weighted by atomic mass is 32.2. The van der Waals surface area contributed by atoms with Crippen molar-refractivity contribution in [3.63, 3.8) is 0 Å². The second-order valence-electron chi connectivity index (χ2n) is 8.11. The normalized spacial score (nSPS) is 14.7. The van der Waals surface area contributed by atoms with Gasteiger partial charge in [-0.05, 0) is 44.6 Å². The molecule has 1 aliphatic heterocycles. The molecule has 1 aromatic rings. The maximum absolute atomic E-state index is 13.1. The highest BCUT2D eigenvalue weighted by Crippen LogP contribution is 2.40. The molecular formula is C26H33N3O10S. The molecular weight excluding hydrogens is 546 g/mol. The van der Waals surface area contributed by atoms with Gasteiger partial charge in [0.05, 0.1) is 35.7 Å². The zero-order chi connectivity index (χ0) is 30.2. The van der Waals surface area contributed by atoms with Crippen LogP contribution in [0, 0.1) is 10.1 Å². The lowest BCUT2D eigenvalue weighted by atomic mass is 9.80. The van der Waals surface area contributed by atoms with E-state index in [-0.39, 0.29) is 23.4 Å². The Bertz CT molecular complexity index is 1180. The third-order valence-corrected chi connectivity index (χ3v) is 6.39. The van der Waals surface area contributed by atoms with Gasteiger partial charge < -0.3 is 30.7 Å². The first kappa shape index (κ1) is 33.9. The molecule has 0 radical (unpaired) electrons. The van der Waals surface area contributed by atoms with E-state index in [0.29, 0.717) is 41.4 Å². The van der Waals surface area contributed by atoms with Crippen molar-refractivity contribution < 1.29 is 43.8 Å². The number of esters is 2. The molecule has 5 N–H and O–H groups in total. The minimum atomic E-state index is -1.26. The average molecular weight is 580 g/mol. The minimum absolute atomic E-state index is 0.135. The van der Waals surface area contributed by atoms with E-state index < -0.39 is 34.7 Å². The minimum Gasteiger partial charge on any atom is -0.478 e. The summed E-state index contributed by atoms with van der Waals surface area (Å²) in [5, 5.41) is 30.2. The number of thioether (sulfide) groups is 1. The van der Waals surface area contributed by atoms with Crippen molar-refractivity contribution in [2.24, 2.45) is 5.73 Å². The molecule has 0 aliphatic carbocycles. The predicted molar refractivity (Wildman–Crippen MR) is 147 cm³/mol. The third-order valence-electron chi connectivity index (χ3n) is 5.32. The van der Waals surface area contributed by atoms with Crippen molar-refractivity contribution >= 4 is 41.3 Å². The summed E-state index contributed by atoms with van der Waals surface area (Å²) in [6, 6.07) is 5.92. The molecule has 0 saturated heterocycles. The number of methoxy groups -OCH3 is 1. The predicted octanol–water partition coefficient (Wildman–Crippen LogP) is 2.73. The van der Waals surface area contributed by atoms with Gasteiger partial charge in [-0.1, -0.05) is 12.1 Å². The van der Waals surface area contributed by atoms with Crippen LogP contribution in [-0.2, 0) is 28.7 Å². The highest BCUT2D eigenvalue weighted by Gasteiger charge is 2.39. The summed E-state index contributed by atoms with van der Waals surface area (Å²) >= 11 is 1.63. The first-order chi connectivity index (χ1) is 19.0. The number of non-ortho nitro benzene ring substituents is 1. The zero-order valence-electron chi connectivity index (χ0n) is 22.4. The van der Waals surface area contributed by atoms with Gasteiger partial charge in [-0.25, -0.2) is 19.2 Å². The Balaban J connectivity index is 0.000000869. The largest absolute Gasteiger partial charge is 0.478 e. The summed E-state index contributed by atoms with van der Waals surface area (Å²) in [7, 11) is 1.25. The van der Waals surface area contributed by atoms with Crippen LogP contribution in [0.2, 0.25) is 0 Å². The molecule has 14 heteroatoms. The van der Waals surface area contributed by atoms with Gasteiger partial charge in [0, 0.05) is 41.4 Å². The van der Waals surface area contributed by atoms with Crippen LogP contribution in [0.15, 0.2) is 59.0 Å². The summed E-state index contributed by atoms with van der Waals surface area (Å²) in [6.45, 7) is 4.18. The van der Waals surface area contributed by atoms with Gasteiger partial charge in [0.15, 0.2) is 0 Å². The fraction of sp³-hybridized carbons (Fsp3) is 0.385. The average Bonchev–Trinajstić information content (AvgIpc) is 2.91. The molecule has 0 bridgehead atoms. The lowest BCUT2D eigenvalue weighted by Crippen LogP contribution is -2.34. The Hall–Kier alpha value is -4.17. The van der Waals surface area contributed by atoms with Crippen molar-refractivity contribution in [3.05, 3.63) is 74.6 Å². The molecule has 2 rings (SSSR count). The molecule has 0 aromatic heterocycles. The van der Waals surface area contributed by atoms with E-state index in [9.17, 15) is 29.3 Å². The van der Waals surface area contributed by atoms with Crippen LogP contribution >= 0.6 is 11.8 Å². The third kappa shape index (κ3) is 10.5. The van der Waals surface area contributed by atoms with Gasteiger partial charge in [0.1, 0.15) is 0 Å². The van der Waals surface area contributed by atoms with Gasteiger partial charge in [-0.3, -0.25) is 10.1 Å². The number of hydrogen-bond donors (Lipinski definition) is 4. The summed E-state index contributed by atoms with van der Waals surface area (Å²) in [5.74, 6) is -3.24. The van der Waals surface area contributed by atoms with Crippen LogP contribution in [-0.4, -0.2) is 70.8 Å². The topological polar surface area (TPSA) is 208 Å². The molecule has 1 heterocycles. The number of allylic oxidation sites excluding steroid dienone is 1. The van der Waals surface area contributed by atoms with Crippen molar-refractivity contribution in [2.45, 2.75) is 32.6 Å². The number of aliphatic carboxylic acids is 2. The standard InChI is InChI=1S/C22H29N3O6S.C4H4O4/c1-4-31-22(27)20-17(13-32-11-6-5-10-23)24-14(2)18(21(26)30-3)19(20)15-8-7-9-16(12-15)25(28)29;5-3(6)1-2-4(7)8/h7-9,12,19,24H,4-6,10-11,13,23H2,1-3H3;1-2H,(H,5,6)(H,7,8)/b;2-1+. The summed E-state index contributed by atoms with van der Waals surface area (Å²) in [6.07, 6.45) is 2.97. The van der Waals surface area contributed by atoms with Gasteiger partial charge in [-0.2, -0.15) is 11.8 Å². The van der Waals surface area contributed by atoms with Gasteiger partial charge >= 0.3 is 23.9 Å². The Morgan fingerprint density at radius 3 is 2.30 bits per heavy atom. The van der Waals surface area contributed by atoms with Gasteiger partial charge in [0.25, 0.3) is 5.69 Å². The number of nitrogens with two attached hydrogens (primary N) is 1. The highest BCUT2D eigenvalue weighted by molar-refractivity contribution is 7.99. The molecule has 218 valence electrons. The molecule has 0 fully saturated rings.